The van der Waals surface area contributed by atoms with Crippen LogP contribution in [0.1, 0.15) is 28.4 Å². The third-order valence-electron chi connectivity index (χ3n) is 3.51. The average molecular weight is 377 g/mol. The van der Waals surface area contributed by atoms with Crippen molar-refractivity contribution >= 4 is 41.3 Å². The number of halogens is 2. The molecule has 0 atom stereocenters. The molecule has 2 heterocycles. The van der Waals surface area contributed by atoms with Crippen LogP contribution in [0.5, 0.6) is 5.88 Å². The Labute approximate surface area is 154 Å². The number of esters is 1. The van der Waals surface area contributed by atoms with Crippen LogP contribution in [-0.2, 0) is 6.54 Å². The van der Waals surface area contributed by atoms with Gasteiger partial charge in [0, 0.05) is 28.8 Å². The highest BCUT2D eigenvalue weighted by molar-refractivity contribution is 6.39. The number of hydrogen-bond donors (Lipinski definition) is 0. The summed E-state index contributed by atoms with van der Waals surface area (Å²) < 4.78 is 12.0. The zero-order chi connectivity index (χ0) is 17.8. The predicted molar refractivity (Wildman–Crippen MR) is 97.0 cm³/mol. The molecular formula is C18H14Cl2N2O3. The average Bonchev–Trinajstić information content (AvgIpc) is 3.26. The molecule has 0 aliphatic rings. The van der Waals surface area contributed by atoms with Crippen LogP contribution in [0.3, 0.4) is 0 Å². The number of rotatable bonds is 5. The minimum Gasteiger partial charge on any atom is -0.472 e. The zero-order valence-electron chi connectivity index (χ0n) is 13.3. The fourth-order valence-corrected chi connectivity index (χ4v) is 2.80. The van der Waals surface area contributed by atoms with Crippen molar-refractivity contribution in [2.45, 2.75) is 13.5 Å². The molecule has 7 heteroatoms. The van der Waals surface area contributed by atoms with Crippen molar-refractivity contribution in [3.63, 3.8) is 0 Å². The Hall–Kier alpha value is -2.50. The third kappa shape index (κ3) is 3.78. The predicted octanol–water partition coefficient (Wildman–Crippen LogP) is 5.19. The molecule has 0 N–H and O–H groups in total. The van der Waals surface area contributed by atoms with Crippen LogP contribution in [0.15, 0.2) is 47.4 Å². The van der Waals surface area contributed by atoms with Crippen LogP contribution in [-0.4, -0.2) is 15.7 Å². The fraction of sp³-hybridized carbons (Fsp3) is 0.111. The minimum absolute atomic E-state index is 0.222. The summed E-state index contributed by atoms with van der Waals surface area (Å²) in [6.45, 7) is 2.49. The van der Waals surface area contributed by atoms with E-state index in [-0.39, 0.29) is 10.6 Å². The summed E-state index contributed by atoms with van der Waals surface area (Å²) in [4.78, 5) is 12.5. The molecule has 128 valence electrons. The van der Waals surface area contributed by atoms with E-state index >= 15 is 0 Å². The molecule has 2 aromatic heterocycles. The number of furan rings is 1. The highest BCUT2D eigenvalue weighted by Gasteiger charge is 2.18. The number of hydrogen-bond acceptors (Lipinski definition) is 4. The van der Waals surface area contributed by atoms with Gasteiger partial charge < -0.3 is 9.15 Å². The molecule has 1 aromatic carbocycles. The number of carbonyl (C=O) groups is 1. The molecule has 5 nitrogen and oxygen atoms in total. The van der Waals surface area contributed by atoms with Gasteiger partial charge in [0.15, 0.2) is 0 Å². The number of aromatic nitrogens is 2. The number of aryl methyl sites for hydroxylation is 1. The Kier molecular flexibility index (Phi) is 5.26. The minimum atomic E-state index is -0.574. The lowest BCUT2D eigenvalue weighted by atomic mass is 10.1. The first-order valence-electron chi connectivity index (χ1n) is 7.52. The van der Waals surface area contributed by atoms with E-state index in [0.29, 0.717) is 23.0 Å². The Morgan fingerprint density at radius 3 is 2.84 bits per heavy atom. The van der Waals surface area contributed by atoms with Gasteiger partial charge in [-0.3, -0.25) is 0 Å². The van der Waals surface area contributed by atoms with Gasteiger partial charge in [-0.1, -0.05) is 35.4 Å². The highest BCUT2D eigenvalue weighted by Crippen LogP contribution is 2.31. The van der Waals surface area contributed by atoms with Crippen LogP contribution in [0.25, 0.3) is 12.2 Å². The van der Waals surface area contributed by atoms with Gasteiger partial charge in [0.05, 0.1) is 29.3 Å². The first kappa shape index (κ1) is 17.3. The van der Waals surface area contributed by atoms with Crippen molar-refractivity contribution in [2.75, 3.05) is 0 Å². The van der Waals surface area contributed by atoms with Crippen LogP contribution in [0.2, 0.25) is 10.0 Å². The second-order valence-electron chi connectivity index (χ2n) is 5.09. The third-order valence-corrected chi connectivity index (χ3v) is 4.24. The maximum atomic E-state index is 12.5. The van der Waals surface area contributed by atoms with Crippen LogP contribution in [0.4, 0.5) is 0 Å². The smallest absolute Gasteiger partial charge is 0.346 e. The SMILES string of the molecule is CCn1nccc1OC(=O)c1ccc(Cl)c(/C=C/c2ccoc2)c1Cl. The van der Waals surface area contributed by atoms with Crippen LogP contribution < -0.4 is 4.74 Å². The van der Waals surface area contributed by atoms with E-state index in [1.807, 2.05) is 6.92 Å². The normalized spacial score (nSPS) is 11.2. The van der Waals surface area contributed by atoms with Gasteiger partial charge in [-0.25, -0.2) is 9.48 Å². The maximum absolute atomic E-state index is 12.5. The lowest BCUT2D eigenvalue weighted by Gasteiger charge is -2.09. The van der Waals surface area contributed by atoms with E-state index in [1.54, 1.807) is 53.8 Å². The van der Waals surface area contributed by atoms with Crippen molar-refractivity contribution < 1.29 is 13.9 Å². The summed E-state index contributed by atoms with van der Waals surface area (Å²) in [6, 6.07) is 6.55. The van der Waals surface area contributed by atoms with Gasteiger partial charge in [0.25, 0.3) is 0 Å². The Morgan fingerprint density at radius 1 is 1.28 bits per heavy atom. The van der Waals surface area contributed by atoms with Gasteiger partial charge >= 0.3 is 5.97 Å². The van der Waals surface area contributed by atoms with E-state index in [4.69, 9.17) is 32.4 Å². The summed E-state index contributed by atoms with van der Waals surface area (Å²) in [5.74, 6) is -0.219. The molecule has 0 unspecified atom stereocenters. The van der Waals surface area contributed by atoms with Crippen molar-refractivity contribution in [2.24, 2.45) is 0 Å². The molecule has 0 bridgehead atoms. The Bertz CT molecular complexity index is 915. The molecule has 25 heavy (non-hydrogen) atoms. The van der Waals surface area contributed by atoms with Crippen molar-refractivity contribution in [3.05, 3.63) is 69.7 Å². The fourth-order valence-electron chi connectivity index (χ4n) is 2.22. The lowest BCUT2D eigenvalue weighted by Crippen LogP contribution is -2.13. The molecule has 3 aromatic rings. The summed E-state index contributed by atoms with van der Waals surface area (Å²) in [6.07, 6.45) is 8.23. The van der Waals surface area contributed by atoms with Gasteiger partial charge in [-0.15, -0.1) is 0 Å². The van der Waals surface area contributed by atoms with Crippen molar-refractivity contribution in [3.8, 4) is 5.88 Å². The van der Waals surface area contributed by atoms with Gasteiger partial charge in [0.2, 0.25) is 5.88 Å². The molecular weight excluding hydrogens is 363 g/mol. The first-order valence-corrected chi connectivity index (χ1v) is 8.28. The van der Waals surface area contributed by atoms with E-state index in [9.17, 15) is 4.79 Å². The van der Waals surface area contributed by atoms with Gasteiger partial charge in [0.1, 0.15) is 0 Å². The molecule has 0 amide bonds. The molecule has 0 fully saturated rings. The van der Waals surface area contributed by atoms with Gasteiger partial charge in [-0.2, -0.15) is 5.10 Å². The molecule has 0 spiro atoms. The summed E-state index contributed by atoms with van der Waals surface area (Å²) >= 11 is 12.6. The lowest BCUT2D eigenvalue weighted by molar-refractivity contribution is 0.0718. The monoisotopic (exact) mass is 376 g/mol. The van der Waals surface area contributed by atoms with E-state index in [0.717, 1.165) is 5.56 Å². The number of benzene rings is 1. The Balaban J connectivity index is 1.89. The molecule has 0 saturated carbocycles. The zero-order valence-corrected chi connectivity index (χ0v) is 14.8. The van der Waals surface area contributed by atoms with Crippen molar-refractivity contribution in [1.29, 1.82) is 0 Å². The number of nitrogens with zero attached hydrogens (tertiary/aromatic N) is 2. The number of carbonyl (C=O) groups excluding carboxylic acids is 1. The standard InChI is InChI=1S/C18H14Cl2N2O3/c1-2-22-16(7-9-21-22)25-18(23)14-5-6-15(19)13(17(14)20)4-3-12-8-10-24-11-12/h3-11H,2H2,1H3/b4-3+. The number of ether oxygens (including phenoxy) is 1. The molecule has 0 aliphatic carbocycles. The van der Waals surface area contributed by atoms with Crippen molar-refractivity contribution in [1.82, 2.24) is 9.78 Å². The summed E-state index contributed by atoms with van der Waals surface area (Å²) in [7, 11) is 0. The largest absolute Gasteiger partial charge is 0.472 e. The van der Waals surface area contributed by atoms with E-state index in [2.05, 4.69) is 5.10 Å². The summed E-state index contributed by atoms with van der Waals surface area (Å²) in [5.41, 5.74) is 1.61. The van der Waals surface area contributed by atoms with Gasteiger partial charge in [-0.05, 0) is 25.1 Å². The van der Waals surface area contributed by atoms with Crippen LogP contribution in [0, 0.1) is 0 Å². The first-order chi connectivity index (χ1) is 12.1. The Morgan fingerprint density at radius 2 is 2.12 bits per heavy atom. The topological polar surface area (TPSA) is 57.3 Å². The quantitative estimate of drug-likeness (QED) is 0.574. The second kappa shape index (κ2) is 7.59. The van der Waals surface area contributed by atoms with Crippen LogP contribution >= 0.6 is 23.2 Å². The van der Waals surface area contributed by atoms with E-state index in [1.165, 1.54) is 6.07 Å². The second-order valence-corrected chi connectivity index (χ2v) is 5.87. The molecule has 0 radical (unpaired) electrons. The highest BCUT2D eigenvalue weighted by atomic mass is 35.5. The van der Waals surface area contributed by atoms with E-state index < -0.39 is 5.97 Å². The summed E-state index contributed by atoms with van der Waals surface area (Å²) in [5, 5.41) is 4.71. The molecule has 0 aliphatic heterocycles. The molecule has 3 rings (SSSR count). The maximum Gasteiger partial charge on any atom is 0.346 e. The molecule has 0 saturated heterocycles.